The van der Waals surface area contributed by atoms with Crippen molar-refractivity contribution in [2.24, 2.45) is 4.99 Å². The van der Waals surface area contributed by atoms with Gasteiger partial charge in [0.05, 0.1) is 16.8 Å². The highest BCUT2D eigenvalue weighted by Gasteiger charge is 2.31. The molecular formula is C21H17F3N2O2S. The summed E-state index contributed by atoms with van der Waals surface area (Å²) in [5.74, 6) is 1.94. The van der Waals surface area contributed by atoms with E-state index in [0.29, 0.717) is 20.6 Å². The lowest BCUT2D eigenvalue weighted by Crippen LogP contribution is -2.21. The third kappa shape index (κ3) is 4.87. The highest BCUT2D eigenvalue weighted by molar-refractivity contribution is 7.16. The van der Waals surface area contributed by atoms with Gasteiger partial charge in [-0.2, -0.15) is 0 Å². The van der Waals surface area contributed by atoms with Crippen molar-refractivity contribution in [1.82, 2.24) is 4.57 Å². The minimum atomic E-state index is -4.78. The van der Waals surface area contributed by atoms with Gasteiger partial charge < -0.3 is 9.30 Å². The van der Waals surface area contributed by atoms with Crippen molar-refractivity contribution in [2.75, 3.05) is 6.54 Å². The fourth-order valence-corrected chi connectivity index (χ4v) is 4.05. The van der Waals surface area contributed by atoms with Gasteiger partial charge in [-0.15, -0.1) is 19.6 Å². The van der Waals surface area contributed by atoms with E-state index in [4.69, 9.17) is 6.42 Å². The van der Waals surface area contributed by atoms with Gasteiger partial charge in [-0.25, -0.2) is 4.99 Å². The summed E-state index contributed by atoms with van der Waals surface area (Å²) in [7, 11) is 0. The maximum absolute atomic E-state index is 12.9. The van der Waals surface area contributed by atoms with Gasteiger partial charge in [0.15, 0.2) is 10.6 Å². The van der Waals surface area contributed by atoms with E-state index in [1.54, 1.807) is 10.6 Å². The Kier molecular flexibility index (Phi) is 5.80. The van der Waals surface area contributed by atoms with Crippen LogP contribution in [0.1, 0.15) is 21.5 Å². The largest absolute Gasteiger partial charge is 0.573 e. The lowest BCUT2D eigenvalue weighted by Gasteiger charge is -2.10. The number of alkyl halides is 3. The number of thiazole rings is 1. The Hall–Kier alpha value is -3.05. The summed E-state index contributed by atoms with van der Waals surface area (Å²) >= 11 is 1.15. The molecule has 0 N–H and O–H groups in total. The maximum atomic E-state index is 12.9. The number of carbonyl (C=O) groups is 1. The van der Waals surface area contributed by atoms with Crippen molar-refractivity contribution < 1.29 is 22.7 Å². The van der Waals surface area contributed by atoms with Crippen molar-refractivity contribution in [2.45, 2.75) is 26.8 Å². The maximum Gasteiger partial charge on any atom is 0.573 e. The van der Waals surface area contributed by atoms with Gasteiger partial charge >= 0.3 is 6.36 Å². The summed E-state index contributed by atoms with van der Waals surface area (Å²) in [5, 5.41) is 0. The molecule has 0 saturated carbocycles. The second kappa shape index (κ2) is 8.13. The van der Waals surface area contributed by atoms with Crippen LogP contribution in [0.5, 0.6) is 5.75 Å². The summed E-state index contributed by atoms with van der Waals surface area (Å²) < 4.78 is 43.7. The Labute approximate surface area is 169 Å². The first-order valence-corrected chi connectivity index (χ1v) is 9.43. The lowest BCUT2D eigenvalue weighted by atomic mass is 10.0. The number of halogens is 3. The van der Waals surface area contributed by atoms with E-state index in [9.17, 15) is 18.0 Å². The molecule has 0 aliphatic heterocycles. The van der Waals surface area contributed by atoms with E-state index in [1.165, 1.54) is 18.2 Å². The van der Waals surface area contributed by atoms with Crippen molar-refractivity contribution in [1.29, 1.82) is 0 Å². The number of nitrogens with zero attached hydrogens (tertiary/aromatic N) is 2. The van der Waals surface area contributed by atoms with Crippen molar-refractivity contribution in [3.05, 3.63) is 57.9 Å². The second-order valence-corrected chi connectivity index (χ2v) is 7.42. The van der Waals surface area contributed by atoms with Crippen molar-refractivity contribution in [3.8, 4) is 18.1 Å². The molecule has 3 aromatic rings. The Bertz CT molecular complexity index is 1180. The SMILES string of the molecule is C#CCN=c1sc2cc(OC(F)(F)F)ccc2n1CC(=O)c1ccc(C)cc1C. The predicted molar refractivity (Wildman–Crippen MR) is 106 cm³/mol. The molecule has 0 radical (unpaired) electrons. The molecule has 0 spiro atoms. The number of hydrogen-bond acceptors (Lipinski definition) is 4. The number of fused-ring (bicyclic) bond motifs is 1. The number of terminal acetylenes is 1. The summed E-state index contributed by atoms with van der Waals surface area (Å²) in [5.41, 5.74) is 3.08. The van der Waals surface area contributed by atoms with E-state index in [-0.39, 0.29) is 24.6 Å². The normalized spacial score (nSPS) is 12.2. The fourth-order valence-electron chi connectivity index (χ4n) is 2.99. The van der Waals surface area contributed by atoms with Gasteiger partial charge in [-0.1, -0.05) is 41.0 Å². The first-order valence-electron chi connectivity index (χ1n) is 8.61. The number of carbonyl (C=O) groups excluding carboxylic acids is 1. The molecule has 0 amide bonds. The predicted octanol–water partition coefficient (Wildman–Crippen LogP) is 4.64. The average molecular weight is 418 g/mol. The van der Waals surface area contributed by atoms with Crippen LogP contribution in [0.25, 0.3) is 10.2 Å². The number of ketones is 1. The highest BCUT2D eigenvalue weighted by Crippen LogP contribution is 2.28. The topological polar surface area (TPSA) is 43.6 Å². The number of benzene rings is 2. The average Bonchev–Trinajstić information content (AvgIpc) is 2.95. The first-order chi connectivity index (χ1) is 13.7. The highest BCUT2D eigenvalue weighted by atomic mass is 32.1. The van der Waals surface area contributed by atoms with Gasteiger partial charge in [0.1, 0.15) is 12.3 Å². The van der Waals surface area contributed by atoms with E-state index >= 15 is 0 Å². The Morgan fingerprint density at radius 3 is 2.66 bits per heavy atom. The van der Waals surface area contributed by atoms with Crippen molar-refractivity contribution >= 4 is 27.3 Å². The van der Waals surface area contributed by atoms with Crippen LogP contribution in [0.2, 0.25) is 0 Å². The zero-order valence-corrected chi connectivity index (χ0v) is 16.5. The molecule has 4 nitrogen and oxygen atoms in total. The third-order valence-corrected chi connectivity index (χ3v) is 5.26. The molecule has 3 rings (SSSR count). The van der Waals surface area contributed by atoms with E-state index in [0.717, 1.165) is 22.5 Å². The van der Waals surface area contributed by atoms with Crippen LogP contribution < -0.4 is 9.54 Å². The molecule has 1 heterocycles. The summed E-state index contributed by atoms with van der Waals surface area (Å²) in [6, 6.07) is 9.54. The summed E-state index contributed by atoms with van der Waals surface area (Å²) in [6.07, 6.45) is 0.499. The molecule has 0 unspecified atom stereocenters. The number of hydrogen-bond donors (Lipinski definition) is 0. The van der Waals surface area contributed by atoms with Gasteiger partial charge in [0.2, 0.25) is 0 Å². The molecule has 0 aliphatic rings. The molecule has 2 aromatic carbocycles. The molecule has 0 atom stereocenters. The number of aryl methyl sites for hydroxylation is 2. The molecule has 0 aliphatic carbocycles. The molecular weight excluding hydrogens is 401 g/mol. The van der Waals surface area contributed by atoms with Crippen LogP contribution in [-0.4, -0.2) is 23.3 Å². The number of aromatic nitrogens is 1. The van der Waals surface area contributed by atoms with Crippen LogP contribution in [0.15, 0.2) is 41.4 Å². The Morgan fingerprint density at radius 2 is 2.00 bits per heavy atom. The van der Waals surface area contributed by atoms with Crippen LogP contribution in [0.3, 0.4) is 0 Å². The molecule has 150 valence electrons. The van der Waals surface area contributed by atoms with Crippen molar-refractivity contribution in [3.63, 3.8) is 0 Å². The van der Waals surface area contributed by atoms with E-state index < -0.39 is 6.36 Å². The second-order valence-electron chi connectivity index (χ2n) is 6.41. The lowest BCUT2D eigenvalue weighted by molar-refractivity contribution is -0.274. The van der Waals surface area contributed by atoms with E-state index in [2.05, 4.69) is 15.6 Å². The fraction of sp³-hybridized carbons (Fsp3) is 0.238. The smallest absolute Gasteiger partial charge is 0.406 e. The Balaban J connectivity index is 2.05. The summed E-state index contributed by atoms with van der Waals surface area (Å²) in [4.78, 5) is 17.6. The number of Topliss-reactive ketones (excluding diaryl/α,β-unsaturated/α-hetero) is 1. The summed E-state index contributed by atoms with van der Waals surface area (Å²) in [6.45, 7) is 3.89. The minimum Gasteiger partial charge on any atom is -0.406 e. The Morgan fingerprint density at radius 1 is 1.24 bits per heavy atom. The number of ether oxygens (including phenoxy) is 1. The van der Waals surface area contributed by atoms with Gasteiger partial charge in [-0.05, 0) is 37.6 Å². The quantitative estimate of drug-likeness (QED) is 0.448. The number of rotatable bonds is 5. The molecule has 0 saturated heterocycles. The zero-order chi connectivity index (χ0) is 21.2. The van der Waals surface area contributed by atoms with Gasteiger partial charge in [0.25, 0.3) is 0 Å². The molecule has 1 aromatic heterocycles. The van der Waals surface area contributed by atoms with Crippen LogP contribution >= 0.6 is 11.3 Å². The van der Waals surface area contributed by atoms with Gasteiger partial charge in [0, 0.05) is 5.56 Å². The molecule has 0 bridgehead atoms. The van der Waals surface area contributed by atoms with Crippen LogP contribution in [0, 0.1) is 26.2 Å². The van der Waals surface area contributed by atoms with E-state index in [1.807, 2.05) is 26.0 Å². The van der Waals surface area contributed by atoms with Gasteiger partial charge in [-0.3, -0.25) is 4.79 Å². The zero-order valence-electron chi connectivity index (χ0n) is 15.7. The van der Waals surface area contributed by atoms with Crippen LogP contribution in [-0.2, 0) is 6.54 Å². The van der Waals surface area contributed by atoms with Crippen LogP contribution in [0.4, 0.5) is 13.2 Å². The molecule has 8 heteroatoms. The molecule has 29 heavy (non-hydrogen) atoms. The first kappa shape index (κ1) is 20.7. The molecule has 0 fully saturated rings. The monoisotopic (exact) mass is 418 g/mol. The third-order valence-electron chi connectivity index (χ3n) is 4.18. The minimum absolute atomic E-state index is 0.00716. The standard InChI is InChI=1S/C21H17F3N2O2S/c1-4-9-25-20-26(12-18(27)16-7-5-13(2)10-14(16)3)17-8-6-15(11-19(17)29-20)28-21(22,23)24/h1,5-8,10-11H,9,12H2,2-3H3.